The topological polar surface area (TPSA) is 112 Å². The van der Waals surface area contributed by atoms with Crippen LogP contribution in [-0.2, 0) is 20.8 Å². The van der Waals surface area contributed by atoms with Gasteiger partial charge >= 0.3 is 12.1 Å². The molecular formula is C32H32Cl2F3N3O4. The van der Waals surface area contributed by atoms with Crippen molar-refractivity contribution in [3.8, 4) is 11.3 Å². The number of halogens is 5. The Balaban J connectivity index is 0.000000676. The van der Waals surface area contributed by atoms with Crippen LogP contribution in [0.3, 0.4) is 0 Å². The molecule has 0 radical (unpaired) electrons. The number of imidazole rings is 1. The quantitative estimate of drug-likeness (QED) is 0.133. The van der Waals surface area contributed by atoms with E-state index in [1.165, 1.54) is 5.39 Å². The van der Waals surface area contributed by atoms with E-state index in [0.29, 0.717) is 35.1 Å². The minimum absolute atomic E-state index is 0.140. The fourth-order valence-electron chi connectivity index (χ4n) is 4.40. The number of aromatic amines is 1. The molecular weight excluding hydrogens is 618 g/mol. The number of Topliss-reactive ketones (excluding diaryl/α,β-unsaturated/α-hetero) is 1. The monoisotopic (exact) mass is 649 g/mol. The Morgan fingerprint density at radius 1 is 0.977 bits per heavy atom. The highest BCUT2D eigenvalue weighted by Crippen LogP contribution is 2.27. The zero-order valence-electron chi connectivity index (χ0n) is 23.9. The van der Waals surface area contributed by atoms with Gasteiger partial charge in [0.15, 0.2) is 0 Å². The number of carboxylic acids is 1. The normalized spacial score (nSPS) is 11.9. The number of ketones is 1. The second kappa shape index (κ2) is 16.3. The van der Waals surface area contributed by atoms with Crippen LogP contribution in [0, 0.1) is 0 Å². The van der Waals surface area contributed by atoms with Crippen molar-refractivity contribution in [2.24, 2.45) is 0 Å². The maximum absolute atomic E-state index is 13.0. The molecule has 12 heteroatoms. The number of fused-ring (bicyclic) bond motifs is 1. The van der Waals surface area contributed by atoms with Gasteiger partial charge in [0.2, 0.25) is 5.91 Å². The standard InChI is InChI=1S/C30H31Cl2N3O2.C2HF3O2/c1-2-25(36)10-4-3-5-11-27(34-29(37)17-22-14-15-24(31)18-26(22)32)30-33-19-28(35-30)23-13-12-20-8-6-7-9-21(20)16-23;3-2(4,5)1(6)7/h6-9,12-16,18-19,27H,2-5,10-11,17H2,1H3,(H,33,35)(H,34,37);(H,6,7)/t27-;/m0./s1. The minimum atomic E-state index is -5.08. The first kappa shape index (κ1) is 34.6. The number of amides is 1. The van der Waals surface area contributed by atoms with Gasteiger partial charge in [0.25, 0.3) is 0 Å². The number of aromatic nitrogens is 2. The molecule has 1 aromatic heterocycles. The Hall–Kier alpha value is -3.89. The molecule has 0 saturated carbocycles. The number of carboxylic acid groups (broad SMARTS) is 1. The average molecular weight is 651 g/mol. The van der Waals surface area contributed by atoms with Crippen LogP contribution in [-0.4, -0.2) is 38.9 Å². The van der Waals surface area contributed by atoms with Crippen LogP contribution in [0.15, 0.2) is 66.9 Å². The number of rotatable bonds is 12. The molecule has 0 saturated heterocycles. The van der Waals surface area contributed by atoms with E-state index in [1.807, 2.05) is 25.3 Å². The van der Waals surface area contributed by atoms with Crippen molar-refractivity contribution in [3.63, 3.8) is 0 Å². The molecule has 234 valence electrons. The largest absolute Gasteiger partial charge is 0.490 e. The Bertz CT molecular complexity index is 1590. The third kappa shape index (κ3) is 10.7. The van der Waals surface area contributed by atoms with Crippen LogP contribution in [0.5, 0.6) is 0 Å². The number of unbranched alkanes of at least 4 members (excludes halogenated alkanes) is 2. The molecule has 0 aliphatic rings. The van der Waals surface area contributed by atoms with Gasteiger partial charge in [-0.25, -0.2) is 9.78 Å². The molecule has 1 heterocycles. The van der Waals surface area contributed by atoms with Crippen molar-refractivity contribution in [2.45, 2.75) is 64.1 Å². The van der Waals surface area contributed by atoms with Crippen LogP contribution in [0.25, 0.3) is 22.0 Å². The van der Waals surface area contributed by atoms with Crippen molar-refractivity contribution >= 4 is 51.6 Å². The lowest BCUT2D eigenvalue weighted by molar-refractivity contribution is -0.192. The van der Waals surface area contributed by atoms with E-state index in [4.69, 9.17) is 33.1 Å². The summed E-state index contributed by atoms with van der Waals surface area (Å²) in [6.07, 6.45) is 1.42. The van der Waals surface area contributed by atoms with E-state index in [-0.39, 0.29) is 24.2 Å². The summed E-state index contributed by atoms with van der Waals surface area (Å²) in [7, 11) is 0. The summed E-state index contributed by atoms with van der Waals surface area (Å²) in [5.74, 6) is -1.90. The van der Waals surface area contributed by atoms with Crippen molar-refractivity contribution in [1.82, 2.24) is 15.3 Å². The number of carbonyl (C=O) groups is 3. The zero-order valence-corrected chi connectivity index (χ0v) is 25.4. The molecule has 44 heavy (non-hydrogen) atoms. The molecule has 0 aliphatic heterocycles. The fraction of sp³-hybridized carbons (Fsp3) is 0.312. The maximum Gasteiger partial charge on any atom is 0.490 e. The van der Waals surface area contributed by atoms with Gasteiger partial charge in [-0.1, -0.05) is 85.4 Å². The predicted molar refractivity (Wildman–Crippen MR) is 165 cm³/mol. The van der Waals surface area contributed by atoms with E-state index >= 15 is 0 Å². The SMILES string of the molecule is CCC(=O)CCCCC[C@H](NC(=O)Cc1ccc(Cl)cc1Cl)c1ncc(-c2ccc3ccccc3c2)[nH]1.O=C(O)C(F)(F)F. The maximum atomic E-state index is 13.0. The molecule has 0 spiro atoms. The summed E-state index contributed by atoms with van der Waals surface area (Å²) in [5.41, 5.74) is 2.65. The second-order valence-corrected chi connectivity index (χ2v) is 10.9. The molecule has 0 aliphatic carbocycles. The summed E-state index contributed by atoms with van der Waals surface area (Å²) in [5, 5.41) is 13.6. The molecule has 0 unspecified atom stereocenters. The molecule has 1 atom stereocenters. The minimum Gasteiger partial charge on any atom is -0.475 e. The van der Waals surface area contributed by atoms with Crippen LogP contribution in [0.4, 0.5) is 13.2 Å². The van der Waals surface area contributed by atoms with Crippen LogP contribution >= 0.6 is 23.2 Å². The van der Waals surface area contributed by atoms with Crippen molar-refractivity contribution in [1.29, 1.82) is 0 Å². The molecule has 3 aromatic carbocycles. The number of alkyl halides is 3. The van der Waals surface area contributed by atoms with E-state index in [0.717, 1.165) is 41.5 Å². The number of nitrogens with one attached hydrogen (secondary N) is 2. The second-order valence-electron chi connectivity index (χ2n) is 10.1. The van der Waals surface area contributed by atoms with Crippen molar-refractivity contribution in [3.05, 3.63) is 88.3 Å². The van der Waals surface area contributed by atoms with Gasteiger partial charge < -0.3 is 15.4 Å². The lowest BCUT2D eigenvalue weighted by atomic mass is 10.0. The van der Waals surface area contributed by atoms with E-state index in [9.17, 15) is 22.8 Å². The Morgan fingerprint density at radius 3 is 2.34 bits per heavy atom. The van der Waals surface area contributed by atoms with Gasteiger partial charge in [-0.2, -0.15) is 13.2 Å². The van der Waals surface area contributed by atoms with Gasteiger partial charge in [-0.05, 0) is 47.4 Å². The van der Waals surface area contributed by atoms with Gasteiger partial charge in [0, 0.05) is 28.5 Å². The summed E-state index contributed by atoms with van der Waals surface area (Å²) in [6, 6.07) is 19.4. The first-order chi connectivity index (χ1) is 20.9. The highest BCUT2D eigenvalue weighted by molar-refractivity contribution is 6.35. The summed E-state index contributed by atoms with van der Waals surface area (Å²) in [6.45, 7) is 1.89. The summed E-state index contributed by atoms with van der Waals surface area (Å²) >= 11 is 12.3. The first-order valence-corrected chi connectivity index (χ1v) is 14.7. The number of H-pyrrole nitrogens is 1. The van der Waals surface area contributed by atoms with Crippen LogP contribution < -0.4 is 5.32 Å². The van der Waals surface area contributed by atoms with Crippen LogP contribution in [0.2, 0.25) is 10.0 Å². The lowest BCUT2D eigenvalue weighted by Crippen LogP contribution is -2.30. The van der Waals surface area contributed by atoms with Gasteiger partial charge in [0.1, 0.15) is 11.6 Å². The number of carbonyl (C=O) groups excluding carboxylic acids is 2. The van der Waals surface area contributed by atoms with E-state index < -0.39 is 12.1 Å². The van der Waals surface area contributed by atoms with E-state index in [1.54, 1.807) is 18.2 Å². The van der Waals surface area contributed by atoms with Crippen molar-refractivity contribution < 1.29 is 32.7 Å². The number of benzene rings is 3. The molecule has 4 rings (SSSR count). The Labute approximate surface area is 262 Å². The highest BCUT2D eigenvalue weighted by atomic mass is 35.5. The fourth-order valence-corrected chi connectivity index (χ4v) is 4.88. The molecule has 0 bridgehead atoms. The summed E-state index contributed by atoms with van der Waals surface area (Å²) in [4.78, 5) is 41.6. The number of hydrogen-bond donors (Lipinski definition) is 3. The zero-order chi connectivity index (χ0) is 32.3. The first-order valence-electron chi connectivity index (χ1n) is 14.0. The molecule has 3 N–H and O–H groups in total. The Morgan fingerprint density at radius 2 is 1.68 bits per heavy atom. The van der Waals surface area contributed by atoms with Gasteiger partial charge in [-0.15, -0.1) is 0 Å². The lowest BCUT2D eigenvalue weighted by Gasteiger charge is -2.17. The highest BCUT2D eigenvalue weighted by Gasteiger charge is 2.38. The van der Waals surface area contributed by atoms with Crippen LogP contribution in [0.1, 0.15) is 62.9 Å². The summed E-state index contributed by atoms with van der Waals surface area (Å²) < 4.78 is 31.7. The number of nitrogens with zero attached hydrogens (tertiary/aromatic N) is 1. The Kier molecular flexibility index (Phi) is 12.8. The molecule has 7 nitrogen and oxygen atoms in total. The smallest absolute Gasteiger partial charge is 0.475 e. The third-order valence-corrected chi connectivity index (χ3v) is 7.36. The average Bonchev–Trinajstić information content (AvgIpc) is 3.47. The number of aliphatic carboxylic acids is 1. The van der Waals surface area contributed by atoms with Crippen molar-refractivity contribution in [2.75, 3.05) is 0 Å². The molecule has 4 aromatic rings. The number of hydrogen-bond acceptors (Lipinski definition) is 4. The predicted octanol–water partition coefficient (Wildman–Crippen LogP) is 8.50. The van der Waals surface area contributed by atoms with E-state index in [2.05, 4.69) is 45.6 Å². The van der Waals surface area contributed by atoms with Gasteiger partial charge in [0.05, 0.1) is 24.4 Å². The molecule has 1 amide bonds. The molecule has 0 fully saturated rings. The third-order valence-electron chi connectivity index (χ3n) is 6.77. The van der Waals surface area contributed by atoms with Gasteiger partial charge in [-0.3, -0.25) is 9.59 Å².